The van der Waals surface area contributed by atoms with Crippen LogP contribution in [0.25, 0.3) is 0 Å². The molecule has 1 aliphatic rings. The molecule has 0 aliphatic carbocycles. The molecule has 2 unspecified atom stereocenters. The zero-order valence-corrected chi connectivity index (χ0v) is 17.2. The summed E-state index contributed by atoms with van der Waals surface area (Å²) in [6.45, 7) is 4.83. The van der Waals surface area contributed by atoms with Crippen LogP contribution < -0.4 is 5.32 Å². The fraction of sp³-hybridized carbons (Fsp3) is 0.350. The van der Waals surface area contributed by atoms with Crippen LogP contribution in [0.15, 0.2) is 47.4 Å². The number of carbonyl (C=O) groups is 1. The van der Waals surface area contributed by atoms with E-state index in [0.717, 1.165) is 18.6 Å². The molecule has 0 spiro atoms. The Bertz CT molecular complexity index is 987. The van der Waals surface area contributed by atoms with Gasteiger partial charge in [-0.1, -0.05) is 31.5 Å². The lowest BCUT2D eigenvalue weighted by molar-refractivity contribution is 0.102. The number of rotatable bonds is 4. The van der Waals surface area contributed by atoms with Crippen LogP contribution >= 0.6 is 11.6 Å². The van der Waals surface area contributed by atoms with Crippen LogP contribution in [0.4, 0.5) is 10.1 Å². The number of piperidine rings is 1. The first-order chi connectivity index (χ1) is 13.2. The number of nitrogens with zero attached hydrogens (tertiary/aromatic N) is 1. The quantitative estimate of drug-likeness (QED) is 0.791. The van der Waals surface area contributed by atoms with E-state index in [0.29, 0.717) is 23.8 Å². The molecule has 5 nitrogen and oxygen atoms in total. The Morgan fingerprint density at radius 3 is 2.46 bits per heavy atom. The van der Waals surface area contributed by atoms with Gasteiger partial charge in [0.15, 0.2) is 0 Å². The summed E-state index contributed by atoms with van der Waals surface area (Å²) < 4.78 is 41.7. The van der Waals surface area contributed by atoms with Crippen molar-refractivity contribution in [1.82, 2.24) is 4.31 Å². The minimum atomic E-state index is -3.81. The maximum atomic E-state index is 14.3. The van der Waals surface area contributed by atoms with Gasteiger partial charge in [-0.2, -0.15) is 4.31 Å². The third kappa shape index (κ3) is 4.54. The van der Waals surface area contributed by atoms with Crippen LogP contribution in [-0.2, 0) is 10.0 Å². The topological polar surface area (TPSA) is 66.5 Å². The summed E-state index contributed by atoms with van der Waals surface area (Å²) in [5.41, 5.74) is 0.0583. The highest BCUT2D eigenvalue weighted by Crippen LogP contribution is 2.28. The first-order valence-electron chi connectivity index (χ1n) is 9.03. The van der Waals surface area contributed by atoms with E-state index in [1.54, 1.807) is 18.2 Å². The molecular weight excluding hydrogens is 403 g/mol. The van der Waals surface area contributed by atoms with E-state index in [2.05, 4.69) is 5.32 Å². The number of halogens is 2. The molecule has 2 atom stereocenters. The molecule has 2 aromatic carbocycles. The molecule has 0 saturated carbocycles. The molecule has 1 heterocycles. The van der Waals surface area contributed by atoms with Crippen molar-refractivity contribution in [2.24, 2.45) is 11.8 Å². The molecule has 3 rings (SSSR count). The predicted molar refractivity (Wildman–Crippen MR) is 108 cm³/mol. The van der Waals surface area contributed by atoms with E-state index in [4.69, 9.17) is 11.6 Å². The normalized spacial score (nSPS) is 20.7. The molecule has 1 amide bonds. The van der Waals surface area contributed by atoms with E-state index in [1.165, 1.54) is 16.4 Å². The molecule has 28 heavy (non-hydrogen) atoms. The highest BCUT2D eigenvalue weighted by molar-refractivity contribution is 7.89. The fourth-order valence-corrected chi connectivity index (χ4v) is 5.45. The minimum Gasteiger partial charge on any atom is -0.322 e. The summed E-state index contributed by atoms with van der Waals surface area (Å²) in [7, 11) is -3.81. The van der Waals surface area contributed by atoms with Gasteiger partial charge in [-0.3, -0.25) is 4.79 Å². The lowest BCUT2D eigenvalue weighted by atomic mass is 9.94. The Morgan fingerprint density at radius 1 is 1.14 bits per heavy atom. The molecule has 1 N–H and O–H groups in total. The Labute approximate surface area is 169 Å². The van der Waals surface area contributed by atoms with Crippen molar-refractivity contribution < 1.29 is 17.6 Å². The molecule has 0 bridgehead atoms. The first kappa shape index (κ1) is 20.8. The van der Waals surface area contributed by atoms with Gasteiger partial charge in [0.05, 0.1) is 10.5 Å². The van der Waals surface area contributed by atoms with Crippen molar-refractivity contribution in [1.29, 1.82) is 0 Å². The van der Waals surface area contributed by atoms with Crippen molar-refractivity contribution in [3.05, 3.63) is 58.9 Å². The third-order valence-corrected chi connectivity index (χ3v) is 6.80. The predicted octanol–water partition coefficient (Wildman–Crippen LogP) is 4.40. The van der Waals surface area contributed by atoms with Crippen molar-refractivity contribution in [3.8, 4) is 0 Å². The van der Waals surface area contributed by atoms with Gasteiger partial charge >= 0.3 is 0 Å². The Morgan fingerprint density at radius 2 is 1.82 bits per heavy atom. The zero-order valence-electron chi connectivity index (χ0n) is 15.7. The maximum absolute atomic E-state index is 14.3. The van der Waals surface area contributed by atoms with E-state index in [1.807, 2.05) is 13.8 Å². The van der Waals surface area contributed by atoms with Gasteiger partial charge in [0.1, 0.15) is 5.82 Å². The lowest BCUT2D eigenvalue weighted by Crippen LogP contribution is -2.42. The van der Waals surface area contributed by atoms with E-state index in [-0.39, 0.29) is 22.3 Å². The smallest absolute Gasteiger partial charge is 0.258 e. The number of nitrogens with one attached hydrogen (secondary N) is 1. The van der Waals surface area contributed by atoms with Gasteiger partial charge in [0, 0.05) is 23.8 Å². The van der Waals surface area contributed by atoms with Crippen molar-refractivity contribution >= 4 is 33.2 Å². The molecule has 2 aromatic rings. The molecule has 1 aliphatic heterocycles. The van der Waals surface area contributed by atoms with Gasteiger partial charge in [0.2, 0.25) is 10.0 Å². The van der Waals surface area contributed by atoms with Crippen molar-refractivity contribution in [2.45, 2.75) is 25.2 Å². The summed E-state index contributed by atoms with van der Waals surface area (Å²) in [5.74, 6) is -1.05. The highest BCUT2D eigenvalue weighted by atomic mass is 35.5. The second-order valence-electron chi connectivity index (χ2n) is 7.37. The van der Waals surface area contributed by atoms with Crippen LogP contribution in [-0.4, -0.2) is 31.7 Å². The van der Waals surface area contributed by atoms with Gasteiger partial charge < -0.3 is 5.32 Å². The van der Waals surface area contributed by atoms with Crippen LogP contribution in [0.2, 0.25) is 5.02 Å². The Balaban J connectivity index is 1.89. The van der Waals surface area contributed by atoms with Crippen LogP contribution in [0, 0.1) is 17.7 Å². The fourth-order valence-electron chi connectivity index (χ4n) is 3.55. The monoisotopic (exact) mass is 424 g/mol. The average molecular weight is 425 g/mol. The SMILES string of the molecule is CC1CC(C)CN(S(=O)(=O)c2ccc(F)c(C(=O)Nc3cccc(Cl)c3)c2)C1. The van der Waals surface area contributed by atoms with Gasteiger partial charge in [-0.25, -0.2) is 12.8 Å². The Kier molecular flexibility index (Phi) is 6.07. The summed E-state index contributed by atoms with van der Waals surface area (Å²) >= 11 is 5.89. The largest absolute Gasteiger partial charge is 0.322 e. The average Bonchev–Trinajstić information content (AvgIpc) is 2.61. The van der Waals surface area contributed by atoms with E-state index >= 15 is 0 Å². The highest BCUT2D eigenvalue weighted by Gasteiger charge is 2.32. The number of amides is 1. The van der Waals surface area contributed by atoms with Gasteiger partial charge in [0.25, 0.3) is 5.91 Å². The third-order valence-electron chi connectivity index (χ3n) is 4.74. The zero-order chi connectivity index (χ0) is 20.5. The van der Waals surface area contributed by atoms with E-state index in [9.17, 15) is 17.6 Å². The minimum absolute atomic E-state index is 0.0913. The number of carbonyl (C=O) groups excluding carboxylic acids is 1. The second kappa shape index (κ2) is 8.19. The molecule has 8 heteroatoms. The standard InChI is InChI=1S/C20H22ClFN2O3S/c1-13-8-14(2)12-24(11-13)28(26,27)17-6-7-19(22)18(10-17)20(25)23-16-5-3-4-15(21)9-16/h3-7,9-10,13-14H,8,11-12H2,1-2H3,(H,23,25). The van der Waals surface area contributed by atoms with Crippen LogP contribution in [0.1, 0.15) is 30.6 Å². The molecule has 0 radical (unpaired) electrons. The number of hydrogen-bond donors (Lipinski definition) is 1. The molecule has 0 aromatic heterocycles. The Hall–Kier alpha value is -1.96. The summed E-state index contributed by atoms with van der Waals surface area (Å²) in [6.07, 6.45) is 0.961. The van der Waals surface area contributed by atoms with Crippen molar-refractivity contribution in [2.75, 3.05) is 18.4 Å². The number of benzene rings is 2. The molecule has 1 fully saturated rings. The molecular formula is C20H22ClFN2O3S. The first-order valence-corrected chi connectivity index (χ1v) is 10.8. The number of sulfonamides is 1. The number of hydrogen-bond acceptors (Lipinski definition) is 3. The summed E-state index contributed by atoms with van der Waals surface area (Å²) in [5, 5.41) is 2.96. The van der Waals surface area contributed by atoms with Gasteiger partial charge in [-0.15, -0.1) is 0 Å². The lowest BCUT2D eigenvalue weighted by Gasteiger charge is -2.34. The van der Waals surface area contributed by atoms with Crippen LogP contribution in [0.3, 0.4) is 0 Å². The molecule has 1 saturated heterocycles. The summed E-state index contributed by atoms with van der Waals surface area (Å²) in [4.78, 5) is 12.4. The van der Waals surface area contributed by atoms with E-state index < -0.39 is 21.7 Å². The van der Waals surface area contributed by atoms with Crippen molar-refractivity contribution in [3.63, 3.8) is 0 Å². The summed E-state index contributed by atoms with van der Waals surface area (Å²) in [6, 6.07) is 9.72. The maximum Gasteiger partial charge on any atom is 0.258 e. The second-order valence-corrected chi connectivity index (χ2v) is 9.75. The van der Waals surface area contributed by atoms with Gasteiger partial charge in [-0.05, 0) is 54.7 Å². The number of anilines is 1. The molecule has 150 valence electrons. The van der Waals surface area contributed by atoms with Crippen LogP contribution in [0.5, 0.6) is 0 Å².